The second-order valence-electron chi connectivity index (χ2n) is 4.01. The molecule has 0 unspecified atom stereocenters. The number of nitriles is 1. The molecule has 0 N–H and O–H groups in total. The second kappa shape index (κ2) is 6.18. The number of benzene rings is 2. The number of carbonyl (C=O) groups is 1. The van der Waals surface area contributed by atoms with Crippen molar-refractivity contribution in [3.8, 4) is 11.8 Å². The fraction of sp³-hybridized carbons (Fsp3) is 0.0667. The van der Waals surface area contributed by atoms with Gasteiger partial charge in [-0.25, -0.2) is 4.39 Å². The molecule has 0 saturated carbocycles. The minimum Gasteiger partial charge on any atom is -0.488 e. The van der Waals surface area contributed by atoms with Crippen LogP contribution < -0.4 is 4.74 Å². The van der Waals surface area contributed by atoms with Gasteiger partial charge in [0.2, 0.25) is 0 Å². The number of rotatable bonds is 4. The molecule has 0 radical (unpaired) electrons. The van der Waals surface area contributed by atoms with E-state index in [9.17, 15) is 9.18 Å². The van der Waals surface area contributed by atoms with Crippen molar-refractivity contribution >= 4 is 17.9 Å². The minimum atomic E-state index is -0.573. The van der Waals surface area contributed by atoms with E-state index < -0.39 is 5.82 Å². The van der Waals surface area contributed by atoms with Crippen LogP contribution in [0.4, 0.5) is 4.39 Å². The monoisotopic (exact) mass is 289 g/mol. The van der Waals surface area contributed by atoms with E-state index in [1.165, 1.54) is 24.3 Å². The highest BCUT2D eigenvalue weighted by Crippen LogP contribution is 2.22. The topological polar surface area (TPSA) is 50.1 Å². The summed E-state index contributed by atoms with van der Waals surface area (Å²) in [6.07, 6.45) is 0.645. The summed E-state index contributed by atoms with van der Waals surface area (Å²) in [6.45, 7) is 0.122. The Morgan fingerprint density at radius 1 is 1.30 bits per heavy atom. The summed E-state index contributed by atoms with van der Waals surface area (Å²) in [4.78, 5) is 10.9. The van der Waals surface area contributed by atoms with Gasteiger partial charge < -0.3 is 4.74 Å². The highest BCUT2D eigenvalue weighted by molar-refractivity contribution is 6.30. The van der Waals surface area contributed by atoms with Crippen molar-refractivity contribution in [3.05, 3.63) is 63.9 Å². The molecule has 2 rings (SSSR count). The van der Waals surface area contributed by atoms with Crippen molar-refractivity contribution in [2.24, 2.45) is 0 Å². The fourth-order valence-corrected chi connectivity index (χ4v) is 1.83. The van der Waals surface area contributed by atoms with Crippen LogP contribution in [0.5, 0.6) is 5.75 Å². The summed E-state index contributed by atoms with van der Waals surface area (Å²) in [7, 11) is 0. The van der Waals surface area contributed by atoms with Crippen molar-refractivity contribution in [1.82, 2.24) is 0 Å². The maximum Gasteiger partial charge on any atom is 0.153 e. The van der Waals surface area contributed by atoms with Crippen LogP contribution in [0.25, 0.3) is 0 Å². The van der Waals surface area contributed by atoms with Crippen molar-refractivity contribution in [2.45, 2.75) is 6.61 Å². The number of hydrogen-bond acceptors (Lipinski definition) is 3. The van der Waals surface area contributed by atoms with Crippen LogP contribution in [0.3, 0.4) is 0 Å². The summed E-state index contributed by atoms with van der Waals surface area (Å²) < 4.78 is 18.7. The first kappa shape index (κ1) is 14.0. The van der Waals surface area contributed by atoms with Crippen molar-refractivity contribution in [2.75, 3.05) is 0 Å². The zero-order valence-electron chi connectivity index (χ0n) is 10.3. The van der Waals surface area contributed by atoms with Gasteiger partial charge in [0.05, 0.1) is 11.1 Å². The Bertz CT molecular complexity index is 695. The maximum absolute atomic E-state index is 13.2. The van der Waals surface area contributed by atoms with Crippen LogP contribution in [-0.2, 0) is 6.61 Å². The second-order valence-corrected chi connectivity index (χ2v) is 4.45. The Balaban J connectivity index is 2.17. The first-order chi connectivity index (χ1) is 9.63. The molecule has 0 bridgehead atoms. The van der Waals surface area contributed by atoms with E-state index >= 15 is 0 Å². The molecule has 0 fully saturated rings. The number of hydrogen-bond donors (Lipinski definition) is 0. The van der Waals surface area contributed by atoms with Crippen LogP contribution >= 0.6 is 11.6 Å². The van der Waals surface area contributed by atoms with E-state index in [4.69, 9.17) is 21.6 Å². The molecule has 0 heterocycles. The molecule has 2 aromatic carbocycles. The van der Waals surface area contributed by atoms with E-state index in [0.717, 1.165) is 0 Å². The predicted octanol–water partition coefficient (Wildman–Crippen LogP) is 3.74. The lowest BCUT2D eigenvalue weighted by Gasteiger charge is -2.09. The first-order valence-electron chi connectivity index (χ1n) is 5.70. The Labute approximate surface area is 120 Å². The first-order valence-corrected chi connectivity index (χ1v) is 6.08. The smallest absolute Gasteiger partial charge is 0.153 e. The highest BCUT2D eigenvalue weighted by atomic mass is 35.5. The Hall–Kier alpha value is -2.38. The highest BCUT2D eigenvalue weighted by Gasteiger charge is 2.06. The Morgan fingerprint density at radius 2 is 2.10 bits per heavy atom. The molecule has 0 spiro atoms. The van der Waals surface area contributed by atoms with E-state index in [-0.39, 0.29) is 12.2 Å². The molecule has 100 valence electrons. The van der Waals surface area contributed by atoms with Crippen LogP contribution in [0.1, 0.15) is 21.5 Å². The van der Waals surface area contributed by atoms with E-state index in [1.807, 2.05) is 0 Å². The lowest BCUT2D eigenvalue weighted by molar-refractivity contribution is 0.111. The molecular weight excluding hydrogens is 281 g/mol. The minimum absolute atomic E-state index is 0.0437. The van der Waals surface area contributed by atoms with Gasteiger partial charge in [-0.3, -0.25) is 4.79 Å². The summed E-state index contributed by atoms with van der Waals surface area (Å²) >= 11 is 5.78. The van der Waals surface area contributed by atoms with Gasteiger partial charge in [0.15, 0.2) is 6.29 Å². The van der Waals surface area contributed by atoms with Gasteiger partial charge in [-0.2, -0.15) is 5.26 Å². The quantitative estimate of drug-likeness (QED) is 0.806. The van der Waals surface area contributed by atoms with Gasteiger partial charge >= 0.3 is 0 Å². The Kier molecular flexibility index (Phi) is 4.34. The van der Waals surface area contributed by atoms with Gasteiger partial charge in [-0.05, 0) is 35.9 Å². The van der Waals surface area contributed by atoms with Crippen molar-refractivity contribution < 1.29 is 13.9 Å². The summed E-state index contributed by atoms with van der Waals surface area (Å²) in [5, 5.41) is 9.19. The molecule has 0 atom stereocenters. The molecule has 0 aromatic heterocycles. The van der Waals surface area contributed by atoms with Gasteiger partial charge in [0.25, 0.3) is 0 Å². The lowest BCUT2D eigenvalue weighted by atomic mass is 10.1. The number of ether oxygens (including phenoxy) is 1. The molecule has 2 aromatic rings. The fourth-order valence-electron chi connectivity index (χ4n) is 1.65. The van der Waals surface area contributed by atoms with Gasteiger partial charge in [0.1, 0.15) is 24.2 Å². The molecule has 0 amide bonds. The largest absolute Gasteiger partial charge is 0.488 e. The lowest BCUT2D eigenvalue weighted by Crippen LogP contribution is -1.99. The number of halogens is 2. The third kappa shape index (κ3) is 3.14. The molecule has 20 heavy (non-hydrogen) atoms. The van der Waals surface area contributed by atoms with Crippen LogP contribution in [0.15, 0.2) is 36.4 Å². The average Bonchev–Trinajstić information content (AvgIpc) is 2.47. The van der Waals surface area contributed by atoms with Crippen LogP contribution in [-0.4, -0.2) is 6.29 Å². The summed E-state index contributed by atoms with van der Waals surface area (Å²) in [5.74, 6) is -0.191. The molecule has 0 aliphatic heterocycles. The third-order valence-corrected chi connectivity index (χ3v) is 2.88. The summed E-state index contributed by atoms with van der Waals surface area (Å²) in [5.41, 5.74) is 0.924. The molecule has 0 aliphatic rings. The molecule has 3 nitrogen and oxygen atoms in total. The predicted molar refractivity (Wildman–Crippen MR) is 72.3 cm³/mol. The van der Waals surface area contributed by atoms with Gasteiger partial charge in [-0.15, -0.1) is 0 Å². The van der Waals surface area contributed by atoms with Crippen molar-refractivity contribution in [3.63, 3.8) is 0 Å². The van der Waals surface area contributed by atoms with Gasteiger partial charge in [0, 0.05) is 5.02 Å². The molecule has 0 saturated heterocycles. The average molecular weight is 290 g/mol. The third-order valence-electron chi connectivity index (χ3n) is 2.64. The maximum atomic E-state index is 13.2. The summed E-state index contributed by atoms with van der Waals surface area (Å²) in [6, 6.07) is 10.6. The SMILES string of the molecule is N#Cc1cc(COc2ccc(Cl)cc2C=O)ccc1F. The molecule has 0 aliphatic carbocycles. The normalized spacial score (nSPS) is 9.85. The molecule has 5 heteroatoms. The van der Waals surface area contributed by atoms with E-state index in [1.54, 1.807) is 18.2 Å². The number of nitrogens with zero attached hydrogens (tertiary/aromatic N) is 1. The number of carbonyl (C=O) groups excluding carboxylic acids is 1. The van der Waals surface area contributed by atoms with Crippen LogP contribution in [0, 0.1) is 17.1 Å². The van der Waals surface area contributed by atoms with E-state index in [0.29, 0.717) is 28.2 Å². The van der Waals surface area contributed by atoms with Crippen LogP contribution in [0.2, 0.25) is 5.02 Å². The standard InChI is InChI=1S/C15H9ClFNO2/c16-13-2-4-15(12(6-13)8-19)20-9-10-1-3-14(17)11(5-10)7-18/h1-6,8H,9H2. The van der Waals surface area contributed by atoms with Crippen molar-refractivity contribution in [1.29, 1.82) is 5.26 Å². The van der Waals surface area contributed by atoms with E-state index in [2.05, 4.69) is 0 Å². The zero-order valence-corrected chi connectivity index (χ0v) is 11.0. The number of aldehydes is 1. The Morgan fingerprint density at radius 3 is 2.80 bits per heavy atom. The van der Waals surface area contributed by atoms with Gasteiger partial charge in [-0.1, -0.05) is 17.7 Å². The molecular formula is C15H9ClFNO2. The zero-order chi connectivity index (χ0) is 14.5.